The monoisotopic (exact) mass is 495 g/mol. The molecule has 6 aromatic rings. The van der Waals surface area contributed by atoms with Crippen LogP contribution in [0.3, 0.4) is 0 Å². The highest BCUT2D eigenvalue weighted by atomic mass is 16.5. The molecule has 0 N–H and O–H groups in total. The number of carbonyl (C=O) groups is 1. The van der Waals surface area contributed by atoms with Crippen molar-refractivity contribution >= 4 is 27.5 Å². The fraction of sp³-hybridized carbons (Fsp3) is 0.0588. The predicted octanol–water partition coefficient (Wildman–Crippen LogP) is 7.78. The topological polar surface area (TPSA) is 48.4 Å². The molecule has 0 fully saturated rings. The van der Waals surface area contributed by atoms with E-state index in [0.29, 0.717) is 30.1 Å². The molecular formula is C34H25NO3. The number of ether oxygens (including phenoxy) is 2. The number of ketones is 1. The Morgan fingerprint density at radius 3 is 1.84 bits per heavy atom. The highest BCUT2D eigenvalue weighted by Gasteiger charge is 2.10. The van der Waals surface area contributed by atoms with Crippen molar-refractivity contribution < 1.29 is 14.3 Å². The molecule has 38 heavy (non-hydrogen) atoms. The third-order valence-corrected chi connectivity index (χ3v) is 6.50. The minimum absolute atomic E-state index is 0.0474. The summed E-state index contributed by atoms with van der Waals surface area (Å²) in [5.41, 5.74) is 4.11. The summed E-state index contributed by atoms with van der Waals surface area (Å²) in [4.78, 5) is 17.6. The zero-order chi connectivity index (χ0) is 25.7. The lowest BCUT2D eigenvalue weighted by atomic mass is 10.0. The van der Waals surface area contributed by atoms with E-state index in [1.807, 2.05) is 72.8 Å². The standard InChI is InChI=1S/C34H25NO3/c36-34(27-12-17-31(18-13-27)37-22-24-9-10-25-5-1-2-7-29(25)21-24)28-14-19-32(20-15-28)38-23-30-16-11-26-6-3-4-8-33(26)35-30/h1-21H,22-23H2. The van der Waals surface area contributed by atoms with Crippen LogP contribution in [0.2, 0.25) is 0 Å². The van der Waals surface area contributed by atoms with E-state index < -0.39 is 0 Å². The molecule has 0 unspecified atom stereocenters. The van der Waals surface area contributed by atoms with Crippen molar-refractivity contribution in [2.75, 3.05) is 0 Å². The Labute approximate surface area is 221 Å². The van der Waals surface area contributed by atoms with Gasteiger partial charge in [-0.15, -0.1) is 0 Å². The lowest BCUT2D eigenvalue weighted by Gasteiger charge is -2.09. The van der Waals surface area contributed by atoms with Crippen molar-refractivity contribution in [2.24, 2.45) is 0 Å². The van der Waals surface area contributed by atoms with E-state index in [0.717, 1.165) is 27.9 Å². The van der Waals surface area contributed by atoms with Gasteiger partial charge < -0.3 is 9.47 Å². The molecule has 0 aliphatic heterocycles. The summed E-state index contributed by atoms with van der Waals surface area (Å²) < 4.78 is 11.8. The average molecular weight is 496 g/mol. The molecule has 0 aliphatic rings. The fourth-order valence-electron chi connectivity index (χ4n) is 4.41. The summed E-state index contributed by atoms with van der Waals surface area (Å²) in [6, 6.07) is 41.1. The van der Waals surface area contributed by atoms with E-state index in [9.17, 15) is 4.79 Å². The summed E-state index contributed by atoms with van der Waals surface area (Å²) in [5.74, 6) is 1.36. The van der Waals surface area contributed by atoms with Crippen molar-refractivity contribution in [3.63, 3.8) is 0 Å². The van der Waals surface area contributed by atoms with Crippen LogP contribution in [0.4, 0.5) is 0 Å². The number of para-hydroxylation sites is 1. The fourth-order valence-corrected chi connectivity index (χ4v) is 4.41. The van der Waals surface area contributed by atoms with E-state index in [4.69, 9.17) is 9.47 Å². The molecule has 1 heterocycles. The first-order valence-electron chi connectivity index (χ1n) is 12.5. The van der Waals surface area contributed by atoms with Gasteiger partial charge in [0.1, 0.15) is 24.7 Å². The molecule has 0 spiro atoms. The number of aromatic nitrogens is 1. The van der Waals surface area contributed by atoms with Crippen LogP contribution in [-0.4, -0.2) is 10.8 Å². The Bertz CT molecular complexity index is 1600. The number of hydrogen-bond donors (Lipinski definition) is 0. The summed E-state index contributed by atoms with van der Waals surface area (Å²) in [6.45, 7) is 0.826. The van der Waals surface area contributed by atoms with Gasteiger partial charge in [-0.25, -0.2) is 4.98 Å². The molecule has 0 saturated carbocycles. The first-order chi connectivity index (χ1) is 18.7. The van der Waals surface area contributed by atoms with E-state index in [1.165, 1.54) is 10.8 Å². The second-order valence-corrected chi connectivity index (χ2v) is 9.13. The number of fused-ring (bicyclic) bond motifs is 2. The van der Waals surface area contributed by atoms with Crippen LogP contribution in [0, 0.1) is 0 Å². The Morgan fingerprint density at radius 1 is 0.553 bits per heavy atom. The van der Waals surface area contributed by atoms with E-state index in [-0.39, 0.29) is 5.78 Å². The number of benzene rings is 5. The van der Waals surface area contributed by atoms with Gasteiger partial charge in [0, 0.05) is 16.5 Å². The summed E-state index contributed by atoms with van der Waals surface area (Å²) in [5, 5.41) is 3.50. The van der Waals surface area contributed by atoms with Crippen molar-refractivity contribution in [1.82, 2.24) is 4.98 Å². The minimum Gasteiger partial charge on any atom is -0.489 e. The maximum absolute atomic E-state index is 13.0. The summed E-state index contributed by atoms with van der Waals surface area (Å²) in [6.07, 6.45) is 0. The first-order valence-corrected chi connectivity index (χ1v) is 12.5. The van der Waals surface area contributed by atoms with Crippen molar-refractivity contribution in [1.29, 1.82) is 0 Å². The minimum atomic E-state index is -0.0474. The van der Waals surface area contributed by atoms with E-state index in [1.54, 1.807) is 24.3 Å². The zero-order valence-electron chi connectivity index (χ0n) is 20.7. The molecular weight excluding hydrogens is 470 g/mol. The van der Waals surface area contributed by atoms with Gasteiger partial charge in [0.05, 0.1) is 11.2 Å². The van der Waals surface area contributed by atoms with Gasteiger partial charge in [-0.1, -0.05) is 60.7 Å². The van der Waals surface area contributed by atoms with E-state index >= 15 is 0 Å². The lowest BCUT2D eigenvalue weighted by Crippen LogP contribution is -2.02. The van der Waals surface area contributed by atoms with Gasteiger partial charge in [-0.05, 0) is 83.1 Å². The summed E-state index contributed by atoms with van der Waals surface area (Å²) in [7, 11) is 0. The first kappa shape index (κ1) is 23.4. The number of nitrogens with zero attached hydrogens (tertiary/aromatic N) is 1. The Morgan fingerprint density at radius 2 is 1.13 bits per heavy atom. The number of carbonyl (C=O) groups excluding carboxylic acids is 1. The van der Waals surface area contributed by atoms with Gasteiger partial charge >= 0.3 is 0 Å². The average Bonchev–Trinajstić information content (AvgIpc) is 2.99. The molecule has 5 aromatic carbocycles. The maximum Gasteiger partial charge on any atom is 0.193 e. The van der Waals surface area contributed by atoms with E-state index in [2.05, 4.69) is 35.3 Å². The van der Waals surface area contributed by atoms with Crippen LogP contribution in [0.15, 0.2) is 127 Å². The van der Waals surface area contributed by atoms with Gasteiger partial charge in [-0.3, -0.25) is 4.79 Å². The highest BCUT2D eigenvalue weighted by molar-refractivity contribution is 6.09. The molecule has 0 atom stereocenters. The molecule has 1 aromatic heterocycles. The smallest absolute Gasteiger partial charge is 0.193 e. The van der Waals surface area contributed by atoms with Crippen LogP contribution in [0.1, 0.15) is 27.2 Å². The summed E-state index contributed by atoms with van der Waals surface area (Å²) >= 11 is 0. The Balaban J connectivity index is 1.05. The molecule has 6 rings (SSSR count). The number of pyridine rings is 1. The predicted molar refractivity (Wildman–Crippen MR) is 151 cm³/mol. The highest BCUT2D eigenvalue weighted by Crippen LogP contribution is 2.21. The molecule has 4 heteroatoms. The molecule has 184 valence electrons. The van der Waals surface area contributed by atoms with Crippen molar-refractivity contribution in [3.8, 4) is 11.5 Å². The molecule has 0 saturated heterocycles. The number of hydrogen-bond acceptors (Lipinski definition) is 4. The van der Waals surface area contributed by atoms with Crippen molar-refractivity contribution in [3.05, 3.63) is 150 Å². The SMILES string of the molecule is O=C(c1ccc(OCc2ccc3ccccc3c2)cc1)c1ccc(OCc2ccc3ccccc3n2)cc1. The molecule has 0 radical (unpaired) electrons. The van der Waals surface area contributed by atoms with Gasteiger partial charge in [0.25, 0.3) is 0 Å². The van der Waals surface area contributed by atoms with Crippen LogP contribution in [0.25, 0.3) is 21.7 Å². The van der Waals surface area contributed by atoms with Gasteiger partial charge in [0.15, 0.2) is 5.78 Å². The third-order valence-electron chi connectivity index (χ3n) is 6.50. The Hall–Kier alpha value is -4.96. The zero-order valence-corrected chi connectivity index (χ0v) is 20.7. The molecule has 0 amide bonds. The van der Waals surface area contributed by atoms with Crippen LogP contribution >= 0.6 is 0 Å². The van der Waals surface area contributed by atoms with Crippen LogP contribution in [-0.2, 0) is 13.2 Å². The second-order valence-electron chi connectivity index (χ2n) is 9.13. The molecule has 4 nitrogen and oxygen atoms in total. The van der Waals surface area contributed by atoms with Crippen LogP contribution < -0.4 is 9.47 Å². The third kappa shape index (κ3) is 5.25. The normalized spacial score (nSPS) is 10.9. The molecule has 0 bridgehead atoms. The molecule has 0 aliphatic carbocycles. The van der Waals surface area contributed by atoms with Gasteiger partial charge in [0.2, 0.25) is 0 Å². The maximum atomic E-state index is 13.0. The van der Waals surface area contributed by atoms with Crippen molar-refractivity contribution in [2.45, 2.75) is 13.2 Å². The quantitative estimate of drug-likeness (QED) is 0.202. The van der Waals surface area contributed by atoms with Gasteiger partial charge in [-0.2, -0.15) is 0 Å². The second kappa shape index (κ2) is 10.6. The number of rotatable bonds is 8. The lowest BCUT2D eigenvalue weighted by molar-refractivity contribution is 0.103. The Kier molecular flexibility index (Phi) is 6.52. The van der Waals surface area contributed by atoms with Crippen LogP contribution in [0.5, 0.6) is 11.5 Å². The largest absolute Gasteiger partial charge is 0.489 e.